The quantitative estimate of drug-likeness (QED) is 0.713. The Balaban J connectivity index is 1.38. The average Bonchev–Trinajstić information content (AvgIpc) is 3.15. The summed E-state index contributed by atoms with van der Waals surface area (Å²) in [5.74, 6) is -0.769. The van der Waals surface area contributed by atoms with Crippen molar-refractivity contribution in [3.63, 3.8) is 0 Å². The SMILES string of the molecule is O=C(CN1C(=O)NC2(CCc3ccccc32)C1=O)NCCc1cc(Cl)cc(Cl)c1. The predicted octanol–water partition coefficient (Wildman–Crippen LogP) is 3.05. The van der Waals surface area contributed by atoms with Crippen LogP contribution in [-0.4, -0.2) is 35.8 Å². The number of nitrogens with zero attached hydrogens (tertiary/aromatic N) is 1. The van der Waals surface area contributed by atoms with Crippen molar-refractivity contribution in [2.45, 2.75) is 24.8 Å². The van der Waals surface area contributed by atoms with Crippen molar-refractivity contribution in [3.8, 4) is 0 Å². The van der Waals surface area contributed by atoms with Crippen molar-refractivity contribution in [3.05, 3.63) is 69.2 Å². The Morgan fingerprint density at radius 1 is 1.14 bits per heavy atom. The smallest absolute Gasteiger partial charge is 0.325 e. The summed E-state index contributed by atoms with van der Waals surface area (Å²) in [5, 5.41) is 6.61. The minimum absolute atomic E-state index is 0.315. The van der Waals surface area contributed by atoms with Gasteiger partial charge < -0.3 is 10.6 Å². The second-order valence-corrected chi connectivity index (χ2v) is 8.13. The Labute approximate surface area is 178 Å². The highest BCUT2D eigenvalue weighted by Gasteiger charge is 2.55. The number of amides is 4. The highest BCUT2D eigenvalue weighted by atomic mass is 35.5. The van der Waals surface area contributed by atoms with Gasteiger partial charge in [0.15, 0.2) is 0 Å². The van der Waals surface area contributed by atoms with E-state index in [1.54, 1.807) is 18.2 Å². The molecule has 1 unspecified atom stereocenters. The molecule has 4 amide bonds. The van der Waals surface area contributed by atoms with E-state index in [2.05, 4.69) is 10.6 Å². The summed E-state index contributed by atoms with van der Waals surface area (Å²) in [5.41, 5.74) is 1.71. The lowest BCUT2D eigenvalue weighted by molar-refractivity contribution is -0.135. The number of aryl methyl sites for hydroxylation is 1. The number of rotatable bonds is 5. The summed E-state index contributed by atoms with van der Waals surface area (Å²) in [6, 6.07) is 12.2. The maximum Gasteiger partial charge on any atom is 0.325 e. The molecule has 1 aliphatic carbocycles. The number of hydrogen-bond donors (Lipinski definition) is 2. The highest BCUT2D eigenvalue weighted by Crippen LogP contribution is 2.41. The van der Waals surface area contributed by atoms with Gasteiger partial charge in [0.2, 0.25) is 5.91 Å². The monoisotopic (exact) mass is 431 g/mol. The Bertz CT molecular complexity index is 990. The third-order valence-corrected chi connectivity index (χ3v) is 5.82. The molecule has 0 saturated carbocycles. The molecule has 0 radical (unpaired) electrons. The Morgan fingerprint density at radius 2 is 1.86 bits per heavy atom. The van der Waals surface area contributed by atoms with Gasteiger partial charge in [0, 0.05) is 16.6 Å². The number of hydrogen-bond acceptors (Lipinski definition) is 3. The lowest BCUT2D eigenvalue weighted by atomic mass is 9.92. The minimum atomic E-state index is -1.05. The predicted molar refractivity (Wildman–Crippen MR) is 110 cm³/mol. The van der Waals surface area contributed by atoms with E-state index in [1.165, 1.54) is 0 Å². The molecule has 2 N–H and O–H groups in total. The van der Waals surface area contributed by atoms with Crippen LogP contribution in [0.1, 0.15) is 23.1 Å². The van der Waals surface area contributed by atoms with Gasteiger partial charge in [-0.2, -0.15) is 0 Å². The first-order chi connectivity index (χ1) is 13.9. The van der Waals surface area contributed by atoms with Crippen LogP contribution in [0.3, 0.4) is 0 Å². The molecule has 0 bridgehead atoms. The molecule has 2 aromatic rings. The van der Waals surface area contributed by atoms with E-state index >= 15 is 0 Å². The topological polar surface area (TPSA) is 78.5 Å². The number of fused-ring (bicyclic) bond motifs is 2. The van der Waals surface area contributed by atoms with Gasteiger partial charge >= 0.3 is 6.03 Å². The van der Waals surface area contributed by atoms with Crippen molar-refractivity contribution in [2.75, 3.05) is 13.1 Å². The number of imide groups is 1. The first-order valence-electron chi connectivity index (χ1n) is 9.33. The second kappa shape index (κ2) is 7.69. The van der Waals surface area contributed by atoms with Crippen LogP contribution in [0, 0.1) is 0 Å². The summed E-state index contributed by atoms with van der Waals surface area (Å²) < 4.78 is 0. The first kappa shape index (κ1) is 19.7. The molecule has 1 fully saturated rings. The van der Waals surface area contributed by atoms with E-state index in [9.17, 15) is 14.4 Å². The fraction of sp³-hybridized carbons (Fsp3) is 0.286. The van der Waals surface area contributed by atoms with Gasteiger partial charge in [-0.1, -0.05) is 47.5 Å². The van der Waals surface area contributed by atoms with Crippen LogP contribution >= 0.6 is 23.2 Å². The van der Waals surface area contributed by atoms with E-state index in [4.69, 9.17) is 23.2 Å². The summed E-state index contributed by atoms with van der Waals surface area (Å²) >= 11 is 11.9. The van der Waals surface area contributed by atoms with E-state index in [0.717, 1.165) is 21.6 Å². The molecule has 4 rings (SSSR count). The third-order valence-electron chi connectivity index (χ3n) is 5.38. The zero-order chi connectivity index (χ0) is 20.6. The third kappa shape index (κ3) is 3.70. The molecule has 2 aromatic carbocycles. The molecule has 150 valence electrons. The molecule has 2 aliphatic rings. The number of carbonyl (C=O) groups is 3. The van der Waals surface area contributed by atoms with Crippen LogP contribution in [0.15, 0.2) is 42.5 Å². The van der Waals surface area contributed by atoms with Crippen molar-refractivity contribution >= 4 is 41.0 Å². The van der Waals surface area contributed by atoms with Crippen LogP contribution in [-0.2, 0) is 28.0 Å². The van der Waals surface area contributed by atoms with Crippen LogP contribution in [0.2, 0.25) is 10.0 Å². The van der Waals surface area contributed by atoms with Gasteiger partial charge in [-0.3, -0.25) is 14.5 Å². The molecular formula is C21H19Cl2N3O3. The van der Waals surface area contributed by atoms with Crippen molar-refractivity contribution in [2.24, 2.45) is 0 Å². The van der Waals surface area contributed by atoms with Gasteiger partial charge in [-0.05, 0) is 54.2 Å². The van der Waals surface area contributed by atoms with Gasteiger partial charge in [0.25, 0.3) is 5.91 Å². The number of nitrogens with one attached hydrogen (secondary N) is 2. The molecule has 1 saturated heterocycles. The average molecular weight is 432 g/mol. The zero-order valence-electron chi connectivity index (χ0n) is 15.5. The largest absolute Gasteiger partial charge is 0.354 e. The lowest BCUT2D eigenvalue weighted by Gasteiger charge is -2.22. The molecule has 1 heterocycles. The molecule has 6 nitrogen and oxygen atoms in total. The summed E-state index contributed by atoms with van der Waals surface area (Å²) in [4.78, 5) is 38.8. The molecule has 1 aliphatic heterocycles. The van der Waals surface area contributed by atoms with Crippen LogP contribution < -0.4 is 10.6 Å². The normalized spacial score (nSPS) is 20.1. The fourth-order valence-electron chi connectivity index (χ4n) is 4.03. The number of carbonyl (C=O) groups excluding carboxylic acids is 3. The van der Waals surface area contributed by atoms with Crippen molar-refractivity contribution < 1.29 is 14.4 Å². The van der Waals surface area contributed by atoms with Gasteiger partial charge in [-0.15, -0.1) is 0 Å². The van der Waals surface area contributed by atoms with Gasteiger partial charge in [-0.25, -0.2) is 4.79 Å². The molecule has 29 heavy (non-hydrogen) atoms. The standard InChI is InChI=1S/C21H19Cl2N3O3/c22-15-9-13(10-16(23)11-15)6-8-24-18(27)12-26-19(28)21(25-20(26)29)7-5-14-3-1-2-4-17(14)21/h1-4,9-11H,5-8,12H2,(H,24,27)(H,25,29). The molecule has 1 spiro atoms. The molecule has 1 atom stereocenters. The maximum atomic E-state index is 13.0. The number of halogens is 2. The minimum Gasteiger partial charge on any atom is -0.354 e. The Morgan fingerprint density at radius 3 is 2.62 bits per heavy atom. The second-order valence-electron chi connectivity index (χ2n) is 7.26. The lowest BCUT2D eigenvalue weighted by Crippen LogP contribution is -2.44. The van der Waals surface area contributed by atoms with E-state index in [-0.39, 0.29) is 12.5 Å². The van der Waals surface area contributed by atoms with Crippen molar-refractivity contribution in [1.29, 1.82) is 0 Å². The van der Waals surface area contributed by atoms with Crippen LogP contribution in [0.4, 0.5) is 4.79 Å². The first-order valence-corrected chi connectivity index (χ1v) is 10.1. The van der Waals surface area contributed by atoms with E-state index in [0.29, 0.717) is 35.9 Å². The van der Waals surface area contributed by atoms with E-state index < -0.39 is 17.5 Å². The van der Waals surface area contributed by atoms with Gasteiger partial charge in [0.1, 0.15) is 12.1 Å². The Kier molecular flexibility index (Phi) is 5.23. The molecule has 8 heteroatoms. The zero-order valence-corrected chi connectivity index (χ0v) is 17.0. The molecule has 0 aromatic heterocycles. The number of urea groups is 1. The summed E-state index contributed by atoms with van der Waals surface area (Å²) in [6.45, 7) is 0.0258. The molecular weight excluding hydrogens is 413 g/mol. The van der Waals surface area contributed by atoms with Crippen LogP contribution in [0.5, 0.6) is 0 Å². The highest BCUT2D eigenvalue weighted by molar-refractivity contribution is 6.34. The summed E-state index contributed by atoms with van der Waals surface area (Å²) in [6.07, 6.45) is 1.75. The number of benzene rings is 2. The van der Waals surface area contributed by atoms with Gasteiger partial charge in [0.05, 0.1) is 0 Å². The maximum absolute atomic E-state index is 13.0. The van der Waals surface area contributed by atoms with Crippen molar-refractivity contribution in [1.82, 2.24) is 15.5 Å². The fourth-order valence-corrected chi connectivity index (χ4v) is 4.61. The van der Waals surface area contributed by atoms with Crippen LogP contribution in [0.25, 0.3) is 0 Å². The Hall–Kier alpha value is -2.57. The summed E-state index contributed by atoms with van der Waals surface area (Å²) in [7, 11) is 0. The van der Waals surface area contributed by atoms with E-state index in [1.807, 2.05) is 24.3 Å².